The molecule has 0 heterocycles. The molecule has 0 fully saturated rings. The predicted molar refractivity (Wildman–Crippen MR) is 144 cm³/mol. The molecule has 168 valence electrons. The molecule has 3 aliphatic rings. The Morgan fingerprint density at radius 2 is 0.794 bits per heavy atom. The Hall–Kier alpha value is -3.32. The zero-order valence-electron chi connectivity index (χ0n) is 20.9. The standard InChI is InChI=1S/C33H31N/c1-31(2)25-10-8-7-9-19(25)21-14-29-23(16-27(21)31)24-17-28-22(15-30(24)33(29,5)6)20-12-11-18(34)13-26(20)32(28,3)4/h7-17H,34H2,1-6H3. The van der Waals surface area contributed by atoms with Gasteiger partial charge in [0.15, 0.2) is 0 Å². The monoisotopic (exact) mass is 441 g/mol. The van der Waals surface area contributed by atoms with Gasteiger partial charge in [-0.1, -0.05) is 71.9 Å². The van der Waals surface area contributed by atoms with Gasteiger partial charge in [0.05, 0.1) is 0 Å². The third-order valence-electron chi connectivity index (χ3n) is 9.20. The van der Waals surface area contributed by atoms with Crippen molar-refractivity contribution in [3.63, 3.8) is 0 Å². The van der Waals surface area contributed by atoms with Crippen molar-refractivity contribution in [3.05, 3.63) is 100 Å². The second-order valence-corrected chi connectivity index (χ2v) is 12.1. The lowest BCUT2D eigenvalue weighted by Gasteiger charge is -2.24. The lowest BCUT2D eigenvalue weighted by Crippen LogP contribution is -2.17. The van der Waals surface area contributed by atoms with Crippen LogP contribution in [-0.2, 0) is 16.2 Å². The molecule has 2 N–H and O–H groups in total. The minimum atomic E-state index is -0.0613. The molecule has 4 aromatic rings. The van der Waals surface area contributed by atoms with Crippen LogP contribution in [-0.4, -0.2) is 0 Å². The summed E-state index contributed by atoms with van der Waals surface area (Å²) in [5, 5.41) is 0. The zero-order chi connectivity index (χ0) is 23.8. The van der Waals surface area contributed by atoms with Crippen LogP contribution < -0.4 is 5.73 Å². The second kappa shape index (κ2) is 5.84. The largest absolute Gasteiger partial charge is 0.399 e. The molecule has 1 heteroatoms. The first-order valence-electron chi connectivity index (χ1n) is 12.4. The second-order valence-electron chi connectivity index (χ2n) is 12.1. The number of fused-ring (bicyclic) bond motifs is 9. The van der Waals surface area contributed by atoms with Gasteiger partial charge < -0.3 is 5.73 Å². The van der Waals surface area contributed by atoms with E-state index in [-0.39, 0.29) is 16.2 Å². The highest BCUT2D eigenvalue weighted by molar-refractivity contribution is 5.93. The van der Waals surface area contributed by atoms with Gasteiger partial charge in [-0.3, -0.25) is 0 Å². The first-order chi connectivity index (χ1) is 16.0. The van der Waals surface area contributed by atoms with Crippen molar-refractivity contribution in [2.75, 3.05) is 5.73 Å². The Balaban J connectivity index is 1.51. The van der Waals surface area contributed by atoms with E-state index in [0.29, 0.717) is 0 Å². The maximum Gasteiger partial charge on any atom is 0.0317 e. The number of nitrogen functional groups attached to an aromatic ring is 1. The van der Waals surface area contributed by atoms with Crippen LogP contribution in [0.3, 0.4) is 0 Å². The van der Waals surface area contributed by atoms with Gasteiger partial charge in [-0.25, -0.2) is 0 Å². The van der Waals surface area contributed by atoms with Crippen LogP contribution in [0.4, 0.5) is 5.69 Å². The minimum Gasteiger partial charge on any atom is -0.399 e. The molecule has 0 bridgehead atoms. The van der Waals surface area contributed by atoms with Crippen LogP contribution in [0.5, 0.6) is 0 Å². The van der Waals surface area contributed by atoms with Gasteiger partial charge in [-0.15, -0.1) is 0 Å². The fourth-order valence-electron chi connectivity index (χ4n) is 7.17. The van der Waals surface area contributed by atoms with E-state index in [1.54, 1.807) is 0 Å². The Bertz CT molecular complexity index is 1580. The number of anilines is 1. The molecule has 0 saturated heterocycles. The van der Waals surface area contributed by atoms with Crippen molar-refractivity contribution < 1.29 is 0 Å². The van der Waals surface area contributed by atoms with Crippen molar-refractivity contribution in [3.8, 4) is 33.4 Å². The first-order valence-corrected chi connectivity index (χ1v) is 12.4. The summed E-state index contributed by atoms with van der Waals surface area (Å²) in [6.07, 6.45) is 0. The third-order valence-corrected chi connectivity index (χ3v) is 9.20. The van der Waals surface area contributed by atoms with E-state index in [9.17, 15) is 0 Å². The number of benzene rings is 4. The molecule has 3 aliphatic carbocycles. The normalized spacial score (nSPS) is 18.5. The Morgan fingerprint density at radius 1 is 0.412 bits per heavy atom. The van der Waals surface area contributed by atoms with Crippen molar-refractivity contribution in [1.82, 2.24) is 0 Å². The van der Waals surface area contributed by atoms with Crippen molar-refractivity contribution >= 4 is 5.69 Å². The van der Waals surface area contributed by atoms with Crippen molar-refractivity contribution in [2.24, 2.45) is 0 Å². The number of nitrogens with two attached hydrogens (primary N) is 1. The summed E-state index contributed by atoms with van der Waals surface area (Å²) >= 11 is 0. The Kier molecular flexibility index (Phi) is 3.45. The SMILES string of the molecule is CC1(C)c2ccccc2-c2cc3c(cc21)-c1cc2c(cc1C3(C)C)-c1ccc(N)cc1C2(C)C. The summed E-state index contributed by atoms with van der Waals surface area (Å²) < 4.78 is 0. The summed E-state index contributed by atoms with van der Waals surface area (Å²) in [5.74, 6) is 0. The summed E-state index contributed by atoms with van der Waals surface area (Å²) in [4.78, 5) is 0. The van der Waals surface area contributed by atoms with E-state index < -0.39 is 0 Å². The highest BCUT2D eigenvalue weighted by Crippen LogP contribution is 2.59. The zero-order valence-corrected chi connectivity index (χ0v) is 20.9. The molecular weight excluding hydrogens is 410 g/mol. The molecular formula is C33H31N. The molecule has 0 spiro atoms. The molecule has 0 amide bonds. The van der Waals surface area contributed by atoms with E-state index >= 15 is 0 Å². The smallest absolute Gasteiger partial charge is 0.0317 e. The van der Waals surface area contributed by atoms with Crippen LogP contribution in [0.2, 0.25) is 0 Å². The van der Waals surface area contributed by atoms with Gasteiger partial charge in [0.1, 0.15) is 0 Å². The highest BCUT2D eigenvalue weighted by atomic mass is 14.6. The Morgan fingerprint density at radius 3 is 1.32 bits per heavy atom. The highest BCUT2D eigenvalue weighted by Gasteiger charge is 2.44. The van der Waals surface area contributed by atoms with Crippen LogP contribution in [0.15, 0.2) is 66.7 Å². The topological polar surface area (TPSA) is 26.0 Å². The molecule has 4 aromatic carbocycles. The summed E-state index contributed by atoms with van der Waals surface area (Å²) in [7, 11) is 0. The van der Waals surface area contributed by atoms with Crippen molar-refractivity contribution in [2.45, 2.75) is 57.8 Å². The third kappa shape index (κ3) is 2.17. The van der Waals surface area contributed by atoms with E-state index in [2.05, 4.69) is 102 Å². The average Bonchev–Trinajstić information content (AvgIpc) is 3.26. The summed E-state index contributed by atoms with van der Waals surface area (Å²) in [6.45, 7) is 14.2. The molecule has 1 nitrogen and oxygen atoms in total. The maximum absolute atomic E-state index is 6.20. The van der Waals surface area contributed by atoms with Crippen molar-refractivity contribution in [1.29, 1.82) is 0 Å². The molecule has 0 aliphatic heterocycles. The molecule has 0 unspecified atom stereocenters. The number of rotatable bonds is 0. The number of hydrogen-bond acceptors (Lipinski definition) is 1. The van der Waals surface area contributed by atoms with Gasteiger partial charge in [0.25, 0.3) is 0 Å². The summed E-state index contributed by atoms with van der Waals surface area (Å²) in [6, 6.07) is 25.4. The number of hydrogen-bond donors (Lipinski definition) is 1. The van der Waals surface area contributed by atoms with E-state index in [1.165, 1.54) is 66.8 Å². The Labute approximate surface area is 202 Å². The molecule has 34 heavy (non-hydrogen) atoms. The average molecular weight is 442 g/mol. The van der Waals surface area contributed by atoms with Gasteiger partial charge in [0, 0.05) is 21.9 Å². The first kappa shape index (κ1) is 20.1. The lowest BCUT2D eigenvalue weighted by atomic mass is 9.78. The molecule has 7 rings (SSSR count). The fourth-order valence-corrected chi connectivity index (χ4v) is 7.17. The van der Waals surface area contributed by atoms with Crippen LogP contribution >= 0.6 is 0 Å². The lowest BCUT2D eigenvalue weighted by molar-refractivity contribution is 0.649. The van der Waals surface area contributed by atoms with Crippen LogP contribution in [0.25, 0.3) is 33.4 Å². The van der Waals surface area contributed by atoms with Gasteiger partial charge in [-0.2, -0.15) is 0 Å². The van der Waals surface area contributed by atoms with E-state index in [4.69, 9.17) is 5.73 Å². The van der Waals surface area contributed by atoms with Gasteiger partial charge >= 0.3 is 0 Å². The molecule has 0 atom stereocenters. The van der Waals surface area contributed by atoms with E-state index in [0.717, 1.165) is 5.69 Å². The van der Waals surface area contributed by atoms with Gasteiger partial charge in [-0.05, 0) is 103 Å². The molecule has 0 radical (unpaired) electrons. The summed E-state index contributed by atoms with van der Waals surface area (Å²) in [5.41, 5.74) is 23.8. The maximum atomic E-state index is 6.20. The van der Waals surface area contributed by atoms with Crippen LogP contribution in [0.1, 0.15) is 74.9 Å². The van der Waals surface area contributed by atoms with E-state index in [1.807, 2.05) is 6.07 Å². The van der Waals surface area contributed by atoms with Gasteiger partial charge in [0.2, 0.25) is 0 Å². The predicted octanol–water partition coefficient (Wildman–Crippen LogP) is 8.19. The van der Waals surface area contributed by atoms with Crippen LogP contribution in [0, 0.1) is 0 Å². The quantitative estimate of drug-likeness (QED) is 0.274. The fraction of sp³-hybridized carbons (Fsp3) is 0.273. The minimum absolute atomic E-state index is 0.0115. The molecule has 0 aromatic heterocycles. The molecule has 0 saturated carbocycles.